The molecule has 1 unspecified atom stereocenters. The van der Waals surface area contributed by atoms with Crippen molar-refractivity contribution in [3.8, 4) is 0 Å². The highest BCUT2D eigenvalue weighted by Crippen LogP contribution is 2.18. The number of aromatic nitrogens is 2. The van der Waals surface area contributed by atoms with Crippen LogP contribution in [0.4, 0.5) is 0 Å². The highest BCUT2D eigenvalue weighted by Gasteiger charge is 2.15. The monoisotopic (exact) mass is 370 g/mol. The standard InChI is InChI=1S/C21H34N6/c1-8-22-21(23-13-19-16(3)25-27(7)17(19)4)24-14-20(26(5)6)18-11-9-15(2)10-12-18/h9-12,20H,8,13-14H2,1-7H3,(H2,22,23,24). The minimum Gasteiger partial charge on any atom is -0.357 e. The number of guanidine groups is 1. The molecule has 2 N–H and O–H groups in total. The summed E-state index contributed by atoms with van der Waals surface area (Å²) < 4.78 is 1.92. The van der Waals surface area contributed by atoms with Crippen LogP contribution in [0.3, 0.4) is 0 Å². The Kier molecular flexibility index (Phi) is 7.42. The Balaban J connectivity index is 2.10. The fourth-order valence-electron chi connectivity index (χ4n) is 3.13. The van der Waals surface area contributed by atoms with Crippen molar-refractivity contribution in [2.75, 3.05) is 27.2 Å². The van der Waals surface area contributed by atoms with Crippen LogP contribution in [-0.4, -0.2) is 47.8 Å². The fourth-order valence-corrected chi connectivity index (χ4v) is 3.13. The number of hydrogen-bond acceptors (Lipinski definition) is 3. The Labute approximate surface area is 163 Å². The molecule has 1 aromatic carbocycles. The van der Waals surface area contributed by atoms with Crippen molar-refractivity contribution in [2.24, 2.45) is 12.0 Å². The third kappa shape index (κ3) is 5.57. The molecule has 0 bridgehead atoms. The van der Waals surface area contributed by atoms with Gasteiger partial charge in [-0.05, 0) is 47.4 Å². The topological polar surface area (TPSA) is 57.5 Å². The smallest absolute Gasteiger partial charge is 0.191 e. The van der Waals surface area contributed by atoms with Gasteiger partial charge in [-0.1, -0.05) is 29.8 Å². The van der Waals surface area contributed by atoms with Gasteiger partial charge in [0.25, 0.3) is 0 Å². The summed E-state index contributed by atoms with van der Waals surface area (Å²) in [6.07, 6.45) is 0. The van der Waals surface area contributed by atoms with E-state index in [1.165, 1.54) is 16.7 Å². The summed E-state index contributed by atoms with van der Waals surface area (Å²) in [5, 5.41) is 11.3. The third-order valence-corrected chi connectivity index (χ3v) is 4.95. The van der Waals surface area contributed by atoms with Crippen LogP contribution in [0.25, 0.3) is 0 Å². The van der Waals surface area contributed by atoms with E-state index in [0.29, 0.717) is 6.54 Å². The lowest BCUT2D eigenvalue weighted by Gasteiger charge is -2.26. The van der Waals surface area contributed by atoms with Gasteiger partial charge in [0.1, 0.15) is 0 Å². The molecular weight excluding hydrogens is 336 g/mol. The Morgan fingerprint density at radius 3 is 2.33 bits per heavy atom. The van der Waals surface area contributed by atoms with Gasteiger partial charge < -0.3 is 15.5 Å². The molecule has 1 atom stereocenters. The molecule has 0 aliphatic carbocycles. The van der Waals surface area contributed by atoms with Crippen molar-refractivity contribution >= 4 is 5.96 Å². The molecule has 2 aromatic rings. The molecule has 0 saturated carbocycles. The number of aryl methyl sites for hydroxylation is 3. The molecule has 1 heterocycles. The van der Waals surface area contributed by atoms with E-state index in [1.54, 1.807) is 0 Å². The van der Waals surface area contributed by atoms with Crippen molar-refractivity contribution in [1.29, 1.82) is 0 Å². The second kappa shape index (κ2) is 9.55. The first-order valence-electron chi connectivity index (χ1n) is 9.57. The Hall–Kier alpha value is -2.34. The van der Waals surface area contributed by atoms with Crippen LogP contribution in [-0.2, 0) is 13.6 Å². The molecule has 0 aliphatic heterocycles. The largest absolute Gasteiger partial charge is 0.357 e. The average Bonchev–Trinajstić information content (AvgIpc) is 2.86. The Morgan fingerprint density at radius 1 is 1.15 bits per heavy atom. The summed E-state index contributed by atoms with van der Waals surface area (Å²) in [5.74, 6) is 0.833. The van der Waals surface area contributed by atoms with Gasteiger partial charge in [0.15, 0.2) is 5.96 Å². The summed E-state index contributed by atoms with van der Waals surface area (Å²) >= 11 is 0. The predicted octanol–water partition coefficient (Wildman–Crippen LogP) is 2.70. The SMILES string of the molecule is CCNC(=NCc1c(C)nn(C)c1C)NCC(c1ccc(C)cc1)N(C)C. The third-order valence-electron chi connectivity index (χ3n) is 4.95. The Bertz CT molecular complexity index is 758. The number of rotatable bonds is 7. The number of nitrogens with zero attached hydrogens (tertiary/aromatic N) is 4. The normalized spacial score (nSPS) is 13.1. The van der Waals surface area contributed by atoms with Crippen molar-refractivity contribution in [3.63, 3.8) is 0 Å². The van der Waals surface area contributed by atoms with E-state index in [1.807, 2.05) is 18.7 Å². The minimum atomic E-state index is 0.274. The fraction of sp³-hybridized carbons (Fsp3) is 0.524. The summed E-state index contributed by atoms with van der Waals surface area (Å²) in [5.41, 5.74) is 5.98. The lowest BCUT2D eigenvalue weighted by Crippen LogP contribution is -2.41. The van der Waals surface area contributed by atoms with Gasteiger partial charge in [-0.25, -0.2) is 4.99 Å². The molecule has 0 fully saturated rings. The molecule has 6 heteroatoms. The van der Waals surface area contributed by atoms with Crippen LogP contribution in [0.1, 0.15) is 41.0 Å². The van der Waals surface area contributed by atoms with Gasteiger partial charge in [0.05, 0.1) is 18.3 Å². The van der Waals surface area contributed by atoms with E-state index >= 15 is 0 Å². The molecule has 1 aromatic heterocycles. The maximum atomic E-state index is 4.78. The summed E-state index contributed by atoms with van der Waals surface area (Å²) in [6.45, 7) is 10.6. The molecule has 2 rings (SSSR count). The predicted molar refractivity (Wildman–Crippen MR) is 113 cm³/mol. The Morgan fingerprint density at radius 2 is 1.81 bits per heavy atom. The second-order valence-electron chi connectivity index (χ2n) is 7.24. The number of aliphatic imine (C=N–C) groups is 1. The molecule has 0 radical (unpaired) electrons. The quantitative estimate of drug-likeness (QED) is 0.581. The average molecular weight is 371 g/mol. The van der Waals surface area contributed by atoms with E-state index in [9.17, 15) is 0 Å². The van der Waals surface area contributed by atoms with E-state index in [4.69, 9.17) is 4.99 Å². The molecule has 148 valence electrons. The van der Waals surface area contributed by atoms with E-state index < -0.39 is 0 Å². The zero-order valence-corrected chi connectivity index (χ0v) is 17.8. The summed E-state index contributed by atoms with van der Waals surface area (Å²) in [6, 6.07) is 9.01. The number of benzene rings is 1. The van der Waals surface area contributed by atoms with Gasteiger partial charge in [-0.3, -0.25) is 4.68 Å². The first-order chi connectivity index (χ1) is 12.8. The van der Waals surface area contributed by atoms with Crippen LogP contribution in [0.5, 0.6) is 0 Å². The summed E-state index contributed by atoms with van der Waals surface area (Å²) in [4.78, 5) is 7.01. The number of nitrogens with one attached hydrogen (secondary N) is 2. The first kappa shape index (κ1) is 21.0. The van der Waals surface area contributed by atoms with Gasteiger partial charge in [-0.15, -0.1) is 0 Å². The van der Waals surface area contributed by atoms with Gasteiger partial charge in [0.2, 0.25) is 0 Å². The number of hydrogen-bond donors (Lipinski definition) is 2. The van der Waals surface area contributed by atoms with Crippen molar-refractivity contribution in [1.82, 2.24) is 25.3 Å². The molecule has 0 spiro atoms. The first-order valence-corrected chi connectivity index (χ1v) is 9.57. The van der Waals surface area contributed by atoms with E-state index in [0.717, 1.165) is 30.4 Å². The molecule has 0 aliphatic rings. The van der Waals surface area contributed by atoms with Crippen molar-refractivity contribution < 1.29 is 0 Å². The van der Waals surface area contributed by atoms with Crippen LogP contribution in [0.15, 0.2) is 29.3 Å². The molecular formula is C21H34N6. The number of likely N-dealkylation sites (N-methyl/N-ethyl adjacent to an activating group) is 1. The van der Waals surface area contributed by atoms with Gasteiger partial charge in [-0.2, -0.15) is 5.10 Å². The van der Waals surface area contributed by atoms with Crippen molar-refractivity contribution in [2.45, 2.75) is 40.3 Å². The van der Waals surface area contributed by atoms with Crippen LogP contribution < -0.4 is 10.6 Å². The van der Waals surface area contributed by atoms with E-state index in [2.05, 4.69) is 79.8 Å². The zero-order valence-electron chi connectivity index (χ0n) is 17.8. The molecule has 0 amide bonds. The second-order valence-corrected chi connectivity index (χ2v) is 7.24. The lowest BCUT2D eigenvalue weighted by atomic mass is 10.0. The van der Waals surface area contributed by atoms with Crippen LogP contribution in [0.2, 0.25) is 0 Å². The summed E-state index contributed by atoms with van der Waals surface area (Å²) in [7, 11) is 6.19. The maximum Gasteiger partial charge on any atom is 0.191 e. The maximum absolute atomic E-state index is 4.78. The van der Waals surface area contributed by atoms with Crippen LogP contribution >= 0.6 is 0 Å². The lowest BCUT2D eigenvalue weighted by molar-refractivity contribution is 0.298. The highest BCUT2D eigenvalue weighted by molar-refractivity contribution is 5.79. The van der Waals surface area contributed by atoms with Gasteiger partial charge in [0, 0.05) is 31.4 Å². The minimum absolute atomic E-state index is 0.274. The van der Waals surface area contributed by atoms with Crippen molar-refractivity contribution in [3.05, 3.63) is 52.3 Å². The zero-order chi connectivity index (χ0) is 20.0. The molecule has 6 nitrogen and oxygen atoms in total. The van der Waals surface area contributed by atoms with E-state index in [-0.39, 0.29) is 6.04 Å². The van der Waals surface area contributed by atoms with Crippen LogP contribution in [0, 0.1) is 20.8 Å². The highest BCUT2D eigenvalue weighted by atomic mass is 15.3. The molecule has 0 saturated heterocycles. The van der Waals surface area contributed by atoms with Gasteiger partial charge >= 0.3 is 0 Å². The molecule has 27 heavy (non-hydrogen) atoms.